The highest BCUT2D eigenvalue weighted by molar-refractivity contribution is 5.55. The zero-order chi connectivity index (χ0) is 15.2. The van der Waals surface area contributed by atoms with Crippen LogP contribution in [0.1, 0.15) is 51.5 Å². The first-order valence-electron chi connectivity index (χ1n) is 8.36. The Balaban J connectivity index is 2.19. The highest BCUT2D eigenvalue weighted by Crippen LogP contribution is 2.33. The van der Waals surface area contributed by atoms with E-state index >= 15 is 0 Å². The Morgan fingerprint density at radius 2 is 2.05 bits per heavy atom. The molecule has 0 saturated heterocycles. The van der Waals surface area contributed by atoms with Gasteiger partial charge in [0.2, 0.25) is 0 Å². The molecule has 118 valence electrons. The molecule has 1 aromatic rings. The Morgan fingerprint density at radius 1 is 1.29 bits per heavy atom. The third-order valence-electron chi connectivity index (χ3n) is 4.73. The van der Waals surface area contributed by atoms with Gasteiger partial charge in [0.05, 0.1) is 5.69 Å². The summed E-state index contributed by atoms with van der Waals surface area (Å²) in [5, 5.41) is 3.39. The molecule has 0 amide bonds. The highest BCUT2D eigenvalue weighted by Gasteiger charge is 2.27. The van der Waals surface area contributed by atoms with Crippen LogP contribution in [-0.2, 0) is 6.54 Å². The van der Waals surface area contributed by atoms with Crippen molar-refractivity contribution >= 4 is 5.69 Å². The molecule has 2 atom stereocenters. The quantitative estimate of drug-likeness (QED) is 0.785. The first-order chi connectivity index (χ1) is 10.1. The topological polar surface area (TPSA) is 15.3 Å². The Morgan fingerprint density at radius 3 is 2.76 bits per heavy atom. The van der Waals surface area contributed by atoms with E-state index in [-0.39, 0.29) is 5.82 Å². The molecular weight excluding hydrogens is 263 g/mol. The van der Waals surface area contributed by atoms with Gasteiger partial charge in [0.25, 0.3) is 0 Å². The van der Waals surface area contributed by atoms with Crippen molar-refractivity contribution in [1.29, 1.82) is 0 Å². The summed E-state index contributed by atoms with van der Waals surface area (Å²) in [6.07, 6.45) is 6.10. The fraction of sp³-hybridized carbons (Fsp3) is 0.667. The molecular formula is C18H29FN2. The van der Waals surface area contributed by atoms with Crippen LogP contribution in [0.4, 0.5) is 10.1 Å². The minimum absolute atomic E-state index is 0.0916. The standard InChI is InChI=1S/C18H29FN2/c1-4-12-20-13-15-9-7-10-16(19)18(15)21(3)17-11-6-5-8-14(17)2/h7,9-10,14,17,20H,4-6,8,11-13H2,1-3H3. The zero-order valence-corrected chi connectivity index (χ0v) is 13.7. The van der Waals surface area contributed by atoms with E-state index in [1.807, 2.05) is 12.1 Å². The van der Waals surface area contributed by atoms with Crippen LogP contribution in [0.25, 0.3) is 0 Å². The Labute approximate surface area is 128 Å². The first kappa shape index (κ1) is 16.3. The normalized spacial score (nSPS) is 22.3. The van der Waals surface area contributed by atoms with E-state index in [0.717, 1.165) is 30.8 Å². The van der Waals surface area contributed by atoms with Crippen LogP contribution in [-0.4, -0.2) is 19.6 Å². The lowest BCUT2D eigenvalue weighted by Gasteiger charge is -2.38. The van der Waals surface area contributed by atoms with Gasteiger partial charge in [-0.15, -0.1) is 0 Å². The summed E-state index contributed by atoms with van der Waals surface area (Å²) in [5.74, 6) is 0.547. The SMILES string of the molecule is CCCNCc1cccc(F)c1N(C)C1CCCCC1C. The van der Waals surface area contributed by atoms with Gasteiger partial charge in [0, 0.05) is 19.6 Å². The molecule has 2 rings (SSSR count). The maximum absolute atomic E-state index is 14.4. The molecule has 1 aliphatic rings. The summed E-state index contributed by atoms with van der Waals surface area (Å²) in [6.45, 7) is 6.16. The molecule has 0 spiro atoms. The van der Waals surface area contributed by atoms with Gasteiger partial charge < -0.3 is 10.2 Å². The van der Waals surface area contributed by atoms with Crippen LogP contribution in [0, 0.1) is 11.7 Å². The van der Waals surface area contributed by atoms with E-state index in [9.17, 15) is 4.39 Å². The third-order valence-corrected chi connectivity index (χ3v) is 4.73. The zero-order valence-electron chi connectivity index (χ0n) is 13.7. The molecule has 1 aromatic carbocycles. The van der Waals surface area contributed by atoms with Gasteiger partial charge in [0.15, 0.2) is 0 Å². The van der Waals surface area contributed by atoms with Crippen molar-refractivity contribution in [3.8, 4) is 0 Å². The van der Waals surface area contributed by atoms with Gasteiger partial charge in [-0.25, -0.2) is 4.39 Å². The largest absolute Gasteiger partial charge is 0.369 e. The fourth-order valence-electron chi connectivity index (χ4n) is 3.54. The molecule has 0 bridgehead atoms. The molecule has 0 aliphatic heterocycles. The fourth-order valence-corrected chi connectivity index (χ4v) is 3.54. The van der Waals surface area contributed by atoms with Crippen LogP contribution in [0.2, 0.25) is 0 Å². The number of rotatable bonds is 6. The maximum atomic E-state index is 14.4. The van der Waals surface area contributed by atoms with Gasteiger partial charge in [-0.2, -0.15) is 0 Å². The third kappa shape index (κ3) is 3.97. The van der Waals surface area contributed by atoms with Crippen molar-refractivity contribution in [1.82, 2.24) is 5.32 Å². The van der Waals surface area contributed by atoms with Gasteiger partial charge >= 0.3 is 0 Å². The molecule has 1 fully saturated rings. The second-order valence-electron chi connectivity index (χ2n) is 6.36. The number of hydrogen-bond acceptors (Lipinski definition) is 2. The monoisotopic (exact) mass is 292 g/mol. The molecule has 1 N–H and O–H groups in total. The smallest absolute Gasteiger partial charge is 0.146 e. The predicted molar refractivity (Wildman–Crippen MR) is 88.2 cm³/mol. The highest BCUT2D eigenvalue weighted by atomic mass is 19.1. The Hall–Kier alpha value is -1.09. The number of nitrogens with zero attached hydrogens (tertiary/aromatic N) is 1. The van der Waals surface area contributed by atoms with Crippen molar-refractivity contribution in [3.05, 3.63) is 29.6 Å². The molecule has 2 unspecified atom stereocenters. The van der Waals surface area contributed by atoms with Crippen molar-refractivity contribution in [2.45, 2.75) is 58.5 Å². The molecule has 0 radical (unpaired) electrons. The summed E-state index contributed by atoms with van der Waals surface area (Å²) in [4.78, 5) is 2.20. The first-order valence-corrected chi connectivity index (χ1v) is 8.36. The van der Waals surface area contributed by atoms with E-state index in [4.69, 9.17) is 0 Å². The lowest BCUT2D eigenvalue weighted by atomic mass is 9.84. The maximum Gasteiger partial charge on any atom is 0.146 e. The molecule has 3 heteroatoms. The van der Waals surface area contributed by atoms with Crippen molar-refractivity contribution in [3.63, 3.8) is 0 Å². The molecule has 2 nitrogen and oxygen atoms in total. The minimum Gasteiger partial charge on any atom is -0.369 e. The summed E-state index contributed by atoms with van der Waals surface area (Å²) in [6, 6.07) is 5.91. The second kappa shape index (κ2) is 7.79. The number of para-hydroxylation sites is 1. The van der Waals surface area contributed by atoms with Crippen molar-refractivity contribution in [2.75, 3.05) is 18.5 Å². The number of anilines is 1. The van der Waals surface area contributed by atoms with Gasteiger partial charge in [-0.3, -0.25) is 0 Å². The Bertz CT molecular complexity index is 447. The molecule has 21 heavy (non-hydrogen) atoms. The van der Waals surface area contributed by atoms with Crippen molar-refractivity contribution < 1.29 is 4.39 Å². The van der Waals surface area contributed by atoms with Crippen LogP contribution >= 0.6 is 0 Å². The average molecular weight is 292 g/mol. The Kier molecular flexibility index (Phi) is 6.04. The van der Waals surface area contributed by atoms with Gasteiger partial charge in [0.1, 0.15) is 5.82 Å². The van der Waals surface area contributed by atoms with E-state index in [2.05, 4.69) is 31.1 Å². The lowest BCUT2D eigenvalue weighted by molar-refractivity contribution is 0.320. The predicted octanol–water partition coefficient (Wildman–Crippen LogP) is 4.34. The summed E-state index contributed by atoms with van der Waals surface area (Å²) < 4.78 is 14.4. The lowest BCUT2D eigenvalue weighted by Crippen LogP contribution is -2.40. The number of hydrogen-bond donors (Lipinski definition) is 1. The van der Waals surface area contributed by atoms with Gasteiger partial charge in [-0.1, -0.05) is 38.8 Å². The van der Waals surface area contributed by atoms with Crippen LogP contribution in [0.15, 0.2) is 18.2 Å². The van der Waals surface area contributed by atoms with E-state index in [0.29, 0.717) is 12.0 Å². The minimum atomic E-state index is -0.0916. The summed E-state index contributed by atoms with van der Waals surface area (Å²) in [5.41, 5.74) is 1.86. The molecule has 0 aromatic heterocycles. The average Bonchev–Trinajstić information content (AvgIpc) is 2.47. The number of benzene rings is 1. The van der Waals surface area contributed by atoms with Crippen LogP contribution < -0.4 is 10.2 Å². The molecule has 1 saturated carbocycles. The van der Waals surface area contributed by atoms with E-state index < -0.39 is 0 Å². The van der Waals surface area contributed by atoms with Crippen LogP contribution in [0.5, 0.6) is 0 Å². The van der Waals surface area contributed by atoms with E-state index in [1.54, 1.807) is 6.07 Å². The van der Waals surface area contributed by atoms with Crippen LogP contribution in [0.3, 0.4) is 0 Å². The van der Waals surface area contributed by atoms with Crippen molar-refractivity contribution in [2.24, 2.45) is 5.92 Å². The summed E-state index contributed by atoms with van der Waals surface area (Å²) >= 11 is 0. The molecule has 0 heterocycles. The molecule has 1 aliphatic carbocycles. The summed E-state index contributed by atoms with van der Waals surface area (Å²) in [7, 11) is 2.06. The second-order valence-corrected chi connectivity index (χ2v) is 6.36. The number of nitrogens with one attached hydrogen (secondary N) is 1. The van der Waals surface area contributed by atoms with Gasteiger partial charge in [-0.05, 0) is 43.4 Å². The number of halogens is 1. The van der Waals surface area contributed by atoms with E-state index in [1.165, 1.54) is 25.7 Å².